The van der Waals surface area contributed by atoms with Crippen LogP contribution in [0, 0.1) is 0 Å². The standard InChI is InChI=1S/C24H29NO3/c1-26-20-8-5-17(6-9-20)21-16-25-23(28-24(21)12-3-2-4-13-24)19-7-10-22-18(15-19)11-14-27-22/h5-10,15,21,23,25H,2-4,11-14,16H2,1H3. The summed E-state index contributed by atoms with van der Waals surface area (Å²) in [6, 6.07) is 15.1. The molecule has 148 valence electrons. The highest BCUT2D eigenvalue weighted by atomic mass is 16.5. The van der Waals surface area contributed by atoms with E-state index in [1.807, 2.05) is 0 Å². The van der Waals surface area contributed by atoms with E-state index in [-0.39, 0.29) is 11.8 Å². The maximum atomic E-state index is 6.90. The summed E-state index contributed by atoms with van der Waals surface area (Å²) in [7, 11) is 1.72. The summed E-state index contributed by atoms with van der Waals surface area (Å²) in [6.45, 7) is 1.73. The molecule has 2 aliphatic heterocycles. The second-order valence-corrected chi connectivity index (χ2v) is 8.32. The zero-order chi connectivity index (χ0) is 19.0. The molecule has 5 rings (SSSR count). The minimum atomic E-state index is -0.0851. The molecular weight excluding hydrogens is 350 g/mol. The van der Waals surface area contributed by atoms with E-state index in [2.05, 4.69) is 47.8 Å². The van der Waals surface area contributed by atoms with Gasteiger partial charge in [-0.3, -0.25) is 5.32 Å². The molecule has 2 fully saturated rings. The lowest BCUT2D eigenvalue weighted by Crippen LogP contribution is -2.53. The molecule has 0 aromatic heterocycles. The van der Waals surface area contributed by atoms with Gasteiger partial charge in [-0.1, -0.05) is 37.5 Å². The molecule has 2 aromatic rings. The van der Waals surface area contributed by atoms with Crippen LogP contribution in [0.2, 0.25) is 0 Å². The van der Waals surface area contributed by atoms with E-state index in [0.717, 1.165) is 43.9 Å². The largest absolute Gasteiger partial charge is 0.497 e. The molecule has 0 radical (unpaired) electrons. The van der Waals surface area contributed by atoms with E-state index in [9.17, 15) is 0 Å². The van der Waals surface area contributed by atoms with Gasteiger partial charge in [0.25, 0.3) is 0 Å². The van der Waals surface area contributed by atoms with E-state index in [1.54, 1.807) is 7.11 Å². The molecule has 0 amide bonds. The minimum Gasteiger partial charge on any atom is -0.497 e. The monoisotopic (exact) mass is 379 g/mol. The average Bonchev–Trinajstić information content (AvgIpc) is 3.22. The molecule has 4 heteroatoms. The Labute approximate surface area is 167 Å². The van der Waals surface area contributed by atoms with Crippen molar-refractivity contribution in [2.45, 2.75) is 56.3 Å². The van der Waals surface area contributed by atoms with Crippen molar-refractivity contribution in [3.8, 4) is 11.5 Å². The van der Waals surface area contributed by atoms with Crippen LogP contribution in [-0.2, 0) is 11.2 Å². The number of hydrogen-bond acceptors (Lipinski definition) is 4. The Morgan fingerprint density at radius 2 is 1.79 bits per heavy atom. The fourth-order valence-electron chi connectivity index (χ4n) is 5.20. The molecule has 0 bridgehead atoms. The molecule has 2 heterocycles. The van der Waals surface area contributed by atoms with Crippen LogP contribution >= 0.6 is 0 Å². The highest BCUT2D eigenvalue weighted by Gasteiger charge is 2.46. The lowest BCUT2D eigenvalue weighted by molar-refractivity contribution is -0.168. The Morgan fingerprint density at radius 1 is 1.00 bits per heavy atom. The van der Waals surface area contributed by atoms with E-state index in [4.69, 9.17) is 14.2 Å². The SMILES string of the molecule is COc1ccc(C2CNC(c3ccc4c(c3)CCO4)OC23CCCCC3)cc1. The van der Waals surface area contributed by atoms with Crippen LogP contribution in [0.3, 0.4) is 0 Å². The van der Waals surface area contributed by atoms with Crippen LogP contribution < -0.4 is 14.8 Å². The molecule has 1 saturated heterocycles. The fourth-order valence-corrected chi connectivity index (χ4v) is 5.20. The number of methoxy groups -OCH3 is 1. The third kappa shape index (κ3) is 3.19. The summed E-state index contributed by atoms with van der Waals surface area (Å²) >= 11 is 0. The van der Waals surface area contributed by atoms with Gasteiger partial charge in [0.15, 0.2) is 0 Å². The summed E-state index contributed by atoms with van der Waals surface area (Å²) in [6.07, 6.45) is 7.03. The number of hydrogen-bond donors (Lipinski definition) is 1. The first-order valence-corrected chi connectivity index (χ1v) is 10.6. The number of ether oxygens (including phenoxy) is 3. The quantitative estimate of drug-likeness (QED) is 0.836. The topological polar surface area (TPSA) is 39.7 Å². The van der Waals surface area contributed by atoms with Crippen LogP contribution in [0.15, 0.2) is 42.5 Å². The number of nitrogens with one attached hydrogen (secondary N) is 1. The van der Waals surface area contributed by atoms with Gasteiger partial charge >= 0.3 is 0 Å². The Morgan fingerprint density at radius 3 is 2.57 bits per heavy atom. The van der Waals surface area contributed by atoms with E-state index < -0.39 is 0 Å². The van der Waals surface area contributed by atoms with Gasteiger partial charge in [-0.2, -0.15) is 0 Å². The smallest absolute Gasteiger partial charge is 0.135 e. The average molecular weight is 380 g/mol. The minimum absolute atomic E-state index is 0.0431. The van der Waals surface area contributed by atoms with Crippen LogP contribution in [0.4, 0.5) is 0 Å². The van der Waals surface area contributed by atoms with E-state index in [1.165, 1.54) is 36.0 Å². The molecule has 1 saturated carbocycles. The Balaban J connectivity index is 1.43. The van der Waals surface area contributed by atoms with Crippen LogP contribution in [0.25, 0.3) is 0 Å². The lowest BCUT2D eigenvalue weighted by atomic mass is 9.71. The summed E-state index contributed by atoms with van der Waals surface area (Å²) in [5, 5.41) is 3.68. The first-order valence-electron chi connectivity index (χ1n) is 10.6. The van der Waals surface area contributed by atoms with Crippen molar-refractivity contribution in [3.63, 3.8) is 0 Å². The third-order valence-corrected chi connectivity index (χ3v) is 6.73. The molecule has 1 N–H and O–H groups in total. The fraction of sp³-hybridized carbons (Fsp3) is 0.500. The molecule has 1 spiro atoms. The molecule has 28 heavy (non-hydrogen) atoms. The zero-order valence-corrected chi connectivity index (χ0v) is 16.6. The zero-order valence-electron chi connectivity index (χ0n) is 16.6. The van der Waals surface area contributed by atoms with Gasteiger partial charge in [-0.15, -0.1) is 0 Å². The van der Waals surface area contributed by atoms with Gasteiger partial charge in [-0.25, -0.2) is 0 Å². The molecule has 2 atom stereocenters. The maximum Gasteiger partial charge on any atom is 0.135 e. The highest BCUT2D eigenvalue weighted by molar-refractivity contribution is 5.41. The van der Waals surface area contributed by atoms with Gasteiger partial charge in [0, 0.05) is 18.9 Å². The van der Waals surface area contributed by atoms with Crippen molar-refractivity contribution in [1.82, 2.24) is 5.32 Å². The molecule has 1 aliphatic carbocycles. The van der Waals surface area contributed by atoms with Gasteiger partial charge in [0.1, 0.15) is 17.7 Å². The van der Waals surface area contributed by atoms with E-state index in [0.29, 0.717) is 5.92 Å². The van der Waals surface area contributed by atoms with Crippen LogP contribution in [-0.4, -0.2) is 25.9 Å². The normalized spacial score (nSPS) is 25.9. The van der Waals surface area contributed by atoms with Crippen molar-refractivity contribution in [2.24, 2.45) is 0 Å². The summed E-state index contributed by atoms with van der Waals surface area (Å²) in [5.41, 5.74) is 3.79. The summed E-state index contributed by atoms with van der Waals surface area (Å²) in [4.78, 5) is 0. The third-order valence-electron chi connectivity index (χ3n) is 6.73. The van der Waals surface area contributed by atoms with Crippen LogP contribution in [0.5, 0.6) is 11.5 Å². The lowest BCUT2D eigenvalue weighted by Gasteiger charge is -2.50. The second-order valence-electron chi connectivity index (χ2n) is 8.32. The number of fused-ring (bicyclic) bond motifs is 1. The van der Waals surface area contributed by atoms with Crippen LogP contribution in [0.1, 0.15) is 60.9 Å². The first kappa shape index (κ1) is 18.0. The summed E-state index contributed by atoms with van der Waals surface area (Å²) < 4.78 is 17.9. The van der Waals surface area contributed by atoms with Crippen molar-refractivity contribution >= 4 is 0 Å². The Hall–Kier alpha value is -2.04. The second kappa shape index (κ2) is 7.41. The molecule has 2 unspecified atom stereocenters. The predicted octanol–water partition coefficient (Wildman–Crippen LogP) is 4.74. The van der Waals surface area contributed by atoms with Crippen molar-refractivity contribution in [2.75, 3.05) is 20.3 Å². The van der Waals surface area contributed by atoms with Crippen molar-refractivity contribution < 1.29 is 14.2 Å². The van der Waals surface area contributed by atoms with Gasteiger partial charge in [0.2, 0.25) is 0 Å². The van der Waals surface area contributed by atoms with Gasteiger partial charge < -0.3 is 14.2 Å². The number of rotatable bonds is 3. The summed E-state index contributed by atoms with van der Waals surface area (Å²) in [5.74, 6) is 2.31. The Bertz CT molecular complexity index is 826. The molecule has 3 aliphatic rings. The predicted molar refractivity (Wildman–Crippen MR) is 109 cm³/mol. The highest BCUT2D eigenvalue weighted by Crippen LogP contribution is 2.48. The van der Waals surface area contributed by atoms with Crippen molar-refractivity contribution in [3.05, 3.63) is 59.2 Å². The first-order chi connectivity index (χ1) is 13.8. The molecule has 2 aromatic carbocycles. The van der Waals surface area contributed by atoms with Crippen molar-refractivity contribution in [1.29, 1.82) is 0 Å². The Kier molecular flexibility index (Phi) is 4.77. The number of benzene rings is 2. The van der Waals surface area contributed by atoms with Gasteiger partial charge in [-0.05, 0) is 53.8 Å². The van der Waals surface area contributed by atoms with E-state index >= 15 is 0 Å². The molecular formula is C24H29NO3. The maximum absolute atomic E-state index is 6.90. The van der Waals surface area contributed by atoms with Gasteiger partial charge in [0.05, 0.1) is 19.3 Å². The molecule has 4 nitrogen and oxygen atoms in total.